The molecule has 4 heteroatoms. The van der Waals surface area contributed by atoms with Gasteiger partial charge in [-0.3, -0.25) is 0 Å². The summed E-state index contributed by atoms with van der Waals surface area (Å²) in [7, 11) is 0. The van der Waals surface area contributed by atoms with Crippen molar-refractivity contribution in [2.45, 2.75) is 0 Å². The molecule has 1 spiro atoms. The summed E-state index contributed by atoms with van der Waals surface area (Å²) in [5, 5.41) is 0. The van der Waals surface area contributed by atoms with Crippen LogP contribution in [-0.4, -0.2) is 31.3 Å². The Kier molecular flexibility index (Phi) is 1.56. The van der Waals surface area contributed by atoms with Crippen LogP contribution in [-0.2, 0) is 4.74 Å². The molecule has 1 aromatic rings. The summed E-state index contributed by atoms with van der Waals surface area (Å²) >= 11 is 0. The minimum Gasteiger partial charge on any atom is -0.380 e. The van der Waals surface area contributed by atoms with Gasteiger partial charge in [-0.25, -0.2) is 9.37 Å². The molecule has 0 saturated carbocycles. The summed E-state index contributed by atoms with van der Waals surface area (Å²) in [5.41, 5.74) is 0.296. The van der Waals surface area contributed by atoms with Crippen LogP contribution in [0.15, 0.2) is 12.3 Å². The molecule has 2 fully saturated rings. The van der Waals surface area contributed by atoms with Gasteiger partial charge in [0.1, 0.15) is 0 Å². The van der Waals surface area contributed by atoms with Crippen molar-refractivity contribution in [1.29, 1.82) is 0 Å². The lowest BCUT2D eigenvalue weighted by Crippen LogP contribution is -2.66. The van der Waals surface area contributed by atoms with Crippen LogP contribution < -0.4 is 4.90 Å². The number of pyridine rings is 1. The average molecular weight is 193 g/mol. The number of hydrogen-bond donors (Lipinski definition) is 0. The Morgan fingerprint density at radius 1 is 1.50 bits per heavy atom. The van der Waals surface area contributed by atoms with Gasteiger partial charge in [-0.05, 0) is 6.07 Å². The van der Waals surface area contributed by atoms with Gasteiger partial charge in [0.25, 0.3) is 0 Å². The van der Waals surface area contributed by atoms with Crippen LogP contribution in [0, 0.1) is 17.3 Å². The van der Waals surface area contributed by atoms with Crippen LogP contribution in [0.25, 0.3) is 0 Å². The standard InChI is InChI=1S/C10H10FN2O/c11-8-2-1-3-12-9(8)13-4-10(5-13)6-14-7-10/h1,3H,4-7H2. The molecule has 0 atom stereocenters. The van der Waals surface area contributed by atoms with Gasteiger partial charge in [0.2, 0.25) is 0 Å². The zero-order valence-electron chi connectivity index (χ0n) is 7.66. The van der Waals surface area contributed by atoms with Gasteiger partial charge in [0, 0.05) is 25.4 Å². The molecule has 73 valence electrons. The molecule has 0 bridgehead atoms. The van der Waals surface area contributed by atoms with Gasteiger partial charge in [0.05, 0.1) is 18.6 Å². The molecular weight excluding hydrogens is 183 g/mol. The highest BCUT2D eigenvalue weighted by Gasteiger charge is 2.49. The molecule has 0 unspecified atom stereocenters. The lowest BCUT2D eigenvalue weighted by atomic mass is 9.78. The lowest BCUT2D eigenvalue weighted by molar-refractivity contribution is -0.127. The van der Waals surface area contributed by atoms with E-state index in [-0.39, 0.29) is 5.82 Å². The molecule has 0 aromatic carbocycles. The number of hydrogen-bond acceptors (Lipinski definition) is 3. The third kappa shape index (κ3) is 1.04. The Labute approximate surface area is 81.5 Å². The second kappa shape index (κ2) is 2.67. The van der Waals surface area contributed by atoms with E-state index in [9.17, 15) is 4.39 Å². The summed E-state index contributed by atoms with van der Waals surface area (Å²) in [6, 6.07) is 4.00. The minimum atomic E-state index is -0.359. The second-order valence-corrected chi connectivity index (χ2v) is 4.08. The normalized spacial score (nSPS) is 23.1. The second-order valence-electron chi connectivity index (χ2n) is 4.08. The average Bonchev–Trinajstić information content (AvgIpc) is 2.03. The topological polar surface area (TPSA) is 25.4 Å². The maximum atomic E-state index is 13.2. The molecule has 3 heterocycles. The molecule has 0 N–H and O–H groups in total. The van der Waals surface area contributed by atoms with E-state index in [1.165, 1.54) is 6.07 Å². The maximum absolute atomic E-state index is 13.2. The number of ether oxygens (including phenoxy) is 1. The van der Waals surface area contributed by atoms with E-state index in [1.807, 2.05) is 4.90 Å². The van der Waals surface area contributed by atoms with Crippen LogP contribution in [0.4, 0.5) is 10.2 Å². The molecule has 2 aliphatic rings. The van der Waals surface area contributed by atoms with Crippen LogP contribution in [0.1, 0.15) is 0 Å². The van der Waals surface area contributed by atoms with Crippen molar-refractivity contribution in [3.05, 3.63) is 24.1 Å². The van der Waals surface area contributed by atoms with Gasteiger partial charge >= 0.3 is 0 Å². The van der Waals surface area contributed by atoms with Crippen molar-refractivity contribution in [3.63, 3.8) is 0 Å². The smallest absolute Gasteiger partial charge is 0.173 e. The van der Waals surface area contributed by atoms with Crippen molar-refractivity contribution in [2.24, 2.45) is 5.41 Å². The zero-order valence-corrected chi connectivity index (χ0v) is 7.66. The molecule has 0 amide bonds. The molecule has 2 aliphatic heterocycles. The van der Waals surface area contributed by atoms with Crippen molar-refractivity contribution in [2.75, 3.05) is 31.2 Å². The number of rotatable bonds is 1. The Balaban J connectivity index is 1.76. The molecule has 1 aromatic heterocycles. The number of anilines is 1. The van der Waals surface area contributed by atoms with Gasteiger partial charge in [0.15, 0.2) is 11.6 Å². The Morgan fingerprint density at radius 2 is 2.29 bits per heavy atom. The fourth-order valence-corrected chi connectivity index (χ4v) is 2.05. The highest BCUT2D eigenvalue weighted by atomic mass is 19.1. The van der Waals surface area contributed by atoms with E-state index in [2.05, 4.69) is 11.1 Å². The van der Waals surface area contributed by atoms with Crippen molar-refractivity contribution >= 4 is 5.82 Å². The van der Waals surface area contributed by atoms with E-state index in [0.29, 0.717) is 11.2 Å². The first-order chi connectivity index (χ1) is 6.79. The fourth-order valence-electron chi connectivity index (χ4n) is 2.05. The number of aromatic nitrogens is 1. The van der Waals surface area contributed by atoms with E-state index >= 15 is 0 Å². The summed E-state index contributed by atoms with van der Waals surface area (Å²) in [6.07, 6.45) is 1.57. The Hall–Kier alpha value is -1.16. The van der Waals surface area contributed by atoms with E-state index < -0.39 is 0 Å². The van der Waals surface area contributed by atoms with Crippen LogP contribution in [0.3, 0.4) is 0 Å². The van der Waals surface area contributed by atoms with E-state index in [1.54, 1.807) is 6.20 Å². The zero-order chi connectivity index (χ0) is 9.60. The first-order valence-electron chi connectivity index (χ1n) is 4.64. The maximum Gasteiger partial charge on any atom is 0.173 e. The highest BCUT2D eigenvalue weighted by molar-refractivity contribution is 5.44. The largest absolute Gasteiger partial charge is 0.380 e. The van der Waals surface area contributed by atoms with Gasteiger partial charge in [-0.1, -0.05) is 0 Å². The molecule has 0 aliphatic carbocycles. The summed E-state index contributed by atoms with van der Waals surface area (Å²) in [4.78, 5) is 5.94. The van der Waals surface area contributed by atoms with Crippen LogP contribution >= 0.6 is 0 Å². The molecule has 2 saturated heterocycles. The summed E-state index contributed by atoms with van der Waals surface area (Å²) in [6.45, 7) is 3.33. The predicted octanol–water partition coefficient (Wildman–Crippen LogP) is 0.857. The first kappa shape index (κ1) is 8.17. The SMILES string of the molecule is Fc1[c]ccnc1N1CC2(COC2)C1. The molecule has 1 radical (unpaired) electrons. The third-order valence-corrected chi connectivity index (χ3v) is 2.85. The molecule has 14 heavy (non-hydrogen) atoms. The van der Waals surface area contributed by atoms with Gasteiger partial charge < -0.3 is 9.64 Å². The fraction of sp³-hybridized carbons (Fsp3) is 0.500. The van der Waals surface area contributed by atoms with Crippen LogP contribution in [0.2, 0.25) is 0 Å². The molecule has 3 rings (SSSR count). The van der Waals surface area contributed by atoms with Gasteiger partial charge in [-0.2, -0.15) is 0 Å². The van der Waals surface area contributed by atoms with E-state index in [0.717, 1.165) is 26.3 Å². The Morgan fingerprint density at radius 3 is 2.86 bits per heavy atom. The first-order valence-corrected chi connectivity index (χ1v) is 4.64. The van der Waals surface area contributed by atoms with E-state index in [4.69, 9.17) is 4.74 Å². The summed E-state index contributed by atoms with van der Waals surface area (Å²) < 4.78 is 18.4. The predicted molar refractivity (Wildman–Crippen MR) is 48.5 cm³/mol. The number of halogens is 1. The molecule has 3 nitrogen and oxygen atoms in total. The Bertz CT molecular complexity index is 357. The quantitative estimate of drug-likeness (QED) is 0.661. The number of nitrogens with zero attached hydrogens (tertiary/aromatic N) is 2. The summed E-state index contributed by atoms with van der Waals surface area (Å²) in [5.74, 6) is 0.0626. The molecular formula is C10H10FN2O. The lowest BCUT2D eigenvalue weighted by Gasteiger charge is -2.55. The van der Waals surface area contributed by atoms with Crippen molar-refractivity contribution in [3.8, 4) is 0 Å². The van der Waals surface area contributed by atoms with Crippen molar-refractivity contribution < 1.29 is 9.13 Å². The van der Waals surface area contributed by atoms with Gasteiger partial charge in [-0.15, -0.1) is 0 Å². The van der Waals surface area contributed by atoms with Crippen molar-refractivity contribution in [1.82, 2.24) is 4.98 Å². The highest BCUT2D eigenvalue weighted by Crippen LogP contribution is 2.39. The third-order valence-electron chi connectivity index (χ3n) is 2.85. The minimum absolute atomic E-state index is 0.296. The monoisotopic (exact) mass is 193 g/mol. The van der Waals surface area contributed by atoms with Crippen LogP contribution in [0.5, 0.6) is 0 Å².